The van der Waals surface area contributed by atoms with Gasteiger partial charge in [-0.3, -0.25) is 14.7 Å². The molecule has 0 atom stereocenters. The summed E-state index contributed by atoms with van der Waals surface area (Å²) >= 11 is 0. The molecule has 1 N–H and O–H groups in total. The molecule has 1 fully saturated rings. The summed E-state index contributed by atoms with van der Waals surface area (Å²) in [6.07, 6.45) is 3.06. The molecule has 3 aromatic rings. The van der Waals surface area contributed by atoms with Crippen molar-refractivity contribution < 1.29 is 0 Å². The van der Waals surface area contributed by atoms with Crippen LogP contribution in [0.1, 0.15) is 47.1 Å². The number of nitriles is 1. The van der Waals surface area contributed by atoms with E-state index in [-0.39, 0.29) is 5.56 Å². The monoisotopic (exact) mass is 383 g/mol. The average molecular weight is 383 g/mol. The summed E-state index contributed by atoms with van der Waals surface area (Å²) in [5.74, 6) is 1.33. The first-order chi connectivity index (χ1) is 14.2. The van der Waals surface area contributed by atoms with Crippen molar-refractivity contribution in [3.8, 4) is 17.3 Å². The zero-order valence-electron chi connectivity index (χ0n) is 16.1. The molecule has 2 aromatic heterocycles. The Kier molecular flexibility index (Phi) is 4.45. The number of nitrogens with zero attached hydrogens (tertiary/aromatic N) is 4. The van der Waals surface area contributed by atoms with Crippen molar-refractivity contribution in [1.82, 2.24) is 19.9 Å². The number of hydrogen-bond acceptors (Lipinski definition) is 5. The number of hydrogen-bond donors (Lipinski definition) is 1. The van der Waals surface area contributed by atoms with E-state index in [4.69, 9.17) is 15.2 Å². The van der Waals surface area contributed by atoms with Crippen LogP contribution in [0.3, 0.4) is 0 Å². The summed E-state index contributed by atoms with van der Waals surface area (Å²) in [5.41, 5.74) is 5.12. The van der Waals surface area contributed by atoms with Crippen LogP contribution in [-0.2, 0) is 19.5 Å². The van der Waals surface area contributed by atoms with Gasteiger partial charge in [0.05, 0.1) is 34.3 Å². The van der Waals surface area contributed by atoms with Gasteiger partial charge in [-0.25, -0.2) is 4.98 Å². The molecule has 6 nitrogen and oxygen atoms in total. The zero-order chi connectivity index (χ0) is 19.8. The molecule has 0 saturated heterocycles. The number of aromatic nitrogens is 3. The predicted molar refractivity (Wildman–Crippen MR) is 109 cm³/mol. The molecule has 3 heterocycles. The van der Waals surface area contributed by atoms with Crippen molar-refractivity contribution in [2.75, 3.05) is 6.54 Å². The van der Waals surface area contributed by atoms with Crippen LogP contribution in [0.4, 0.5) is 0 Å². The Balaban J connectivity index is 1.35. The number of rotatable bonds is 4. The van der Waals surface area contributed by atoms with Crippen LogP contribution in [0, 0.1) is 11.3 Å². The van der Waals surface area contributed by atoms with E-state index in [9.17, 15) is 4.79 Å². The van der Waals surface area contributed by atoms with Crippen LogP contribution >= 0.6 is 0 Å². The minimum absolute atomic E-state index is 0.0108. The molecule has 1 aromatic carbocycles. The summed E-state index contributed by atoms with van der Waals surface area (Å²) in [5, 5.41) is 9.12. The second-order valence-corrected chi connectivity index (χ2v) is 7.82. The van der Waals surface area contributed by atoms with E-state index in [2.05, 4.69) is 16.0 Å². The number of benzene rings is 1. The second kappa shape index (κ2) is 7.26. The fraction of sp³-hybridized carbons (Fsp3) is 0.304. The lowest BCUT2D eigenvalue weighted by atomic mass is 10.1. The molecule has 1 saturated carbocycles. The summed E-state index contributed by atoms with van der Waals surface area (Å²) in [6, 6.07) is 15.6. The van der Waals surface area contributed by atoms with Crippen molar-refractivity contribution in [3.05, 3.63) is 81.2 Å². The van der Waals surface area contributed by atoms with Crippen LogP contribution in [0.25, 0.3) is 11.3 Å². The van der Waals surface area contributed by atoms with Gasteiger partial charge in [0.25, 0.3) is 5.56 Å². The molecule has 5 rings (SSSR count). The Morgan fingerprint density at radius 3 is 2.86 bits per heavy atom. The standard InChI is InChI=1S/C23H21N5O/c24-12-15-3-1-4-17(11-15)20-6-2-5-18(25-20)13-28-10-9-21-19(14-28)23(29)27-22(26-21)16-7-8-16/h1-6,11,16H,7-10,13-14H2,(H,26,27,29). The van der Waals surface area contributed by atoms with E-state index in [1.807, 2.05) is 36.4 Å². The molecule has 0 spiro atoms. The third kappa shape index (κ3) is 3.69. The summed E-state index contributed by atoms with van der Waals surface area (Å²) in [7, 11) is 0. The van der Waals surface area contributed by atoms with E-state index >= 15 is 0 Å². The van der Waals surface area contributed by atoms with Gasteiger partial charge < -0.3 is 4.98 Å². The normalized spacial score (nSPS) is 16.2. The average Bonchev–Trinajstić information content (AvgIpc) is 3.60. The highest BCUT2D eigenvalue weighted by atomic mass is 16.1. The van der Waals surface area contributed by atoms with Gasteiger partial charge in [-0.2, -0.15) is 5.26 Å². The molecule has 6 heteroatoms. The highest BCUT2D eigenvalue weighted by Gasteiger charge is 2.29. The quantitative estimate of drug-likeness (QED) is 0.748. The number of H-pyrrole nitrogens is 1. The van der Waals surface area contributed by atoms with Crippen molar-refractivity contribution in [3.63, 3.8) is 0 Å². The molecule has 0 radical (unpaired) electrons. The van der Waals surface area contributed by atoms with Gasteiger partial charge in [0, 0.05) is 37.5 Å². The first-order valence-corrected chi connectivity index (χ1v) is 10.0. The lowest BCUT2D eigenvalue weighted by molar-refractivity contribution is 0.238. The largest absolute Gasteiger partial charge is 0.310 e. The number of nitrogens with one attached hydrogen (secondary N) is 1. The van der Waals surface area contributed by atoms with Crippen LogP contribution in [0.2, 0.25) is 0 Å². The molecule has 1 aliphatic heterocycles. The van der Waals surface area contributed by atoms with Crippen LogP contribution in [0.5, 0.6) is 0 Å². The maximum Gasteiger partial charge on any atom is 0.255 e. The Morgan fingerprint density at radius 2 is 2.03 bits per heavy atom. The van der Waals surface area contributed by atoms with E-state index in [0.717, 1.165) is 59.8 Å². The molecule has 2 aliphatic rings. The van der Waals surface area contributed by atoms with Crippen molar-refractivity contribution in [2.24, 2.45) is 0 Å². The fourth-order valence-electron chi connectivity index (χ4n) is 3.89. The third-order valence-electron chi connectivity index (χ3n) is 5.61. The maximum atomic E-state index is 12.6. The molecule has 0 bridgehead atoms. The first kappa shape index (κ1) is 17.8. The molecule has 144 valence electrons. The third-order valence-corrected chi connectivity index (χ3v) is 5.61. The van der Waals surface area contributed by atoms with Crippen LogP contribution in [-0.4, -0.2) is 26.4 Å². The summed E-state index contributed by atoms with van der Waals surface area (Å²) in [4.78, 5) is 27.3. The van der Waals surface area contributed by atoms with Crippen LogP contribution in [0.15, 0.2) is 47.3 Å². The van der Waals surface area contributed by atoms with Crippen LogP contribution < -0.4 is 5.56 Å². The Labute approximate surface area is 168 Å². The molecule has 29 heavy (non-hydrogen) atoms. The highest BCUT2D eigenvalue weighted by Crippen LogP contribution is 2.37. The van der Waals surface area contributed by atoms with Crippen molar-refractivity contribution in [1.29, 1.82) is 5.26 Å². The zero-order valence-corrected chi connectivity index (χ0v) is 16.1. The van der Waals surface area contributed by atoms with Gasteiger partial charge in [-0.05, 0) is 37.1 Å². The molecule has 0 unspecified atom stereocenters. The number of aromatic amines is 1. The van der Waals surface area contributed by atoms with Gasteiger partial charge in [0.1, 0.15) is 5.82 Å². The Morgan fingerprint density at radius 1 is 1.17 bits per heavy atom. The summed E-state index contributed by atoms with van der Waals surface area (Å²) < 4.78 is 0. The molecule has 0 amide bonds. The first-order valence-electron chi connectivity index (χ1n) is 10.0. The summed E-state index contributed by atoms with van der Waals surface area (Å²) in [6.45, 7) is 2.14. The molecular formula is C23H21N5O. The molecular weight excluding hydrogens is 362 g/mol. The maximum absolute atomic E-state index is 12.6. The molecule has 1 aliphatic carbocycles. The highest BCUT2D eigenvalue weighted by molar-refractivity contribution is 5.61. The van der Waals surface area contributed by atoms with Gasteiger partial charge in [-0.1, -0.05) is 18.2 Å². The predicted octanol–water partition coefficient (Wildman–Crippen LogP) is 3.14. The lowest BCUT2D eigenvalue weighted by Gasteiger charge is -2.27. The minimum Gasteiger partial charge on any atom is -0.310 e. The number of pyridine rings is 1. The smallest absolute Gasteiger partial charge is 0.255 e. The Bertz CT molecular complexity index is 1170. The van der Waals surface area contributed by atoms with Gasteiger partial charge in [0.15, 0.2) is 0 Å². The Hall–Kier alpha value is -3.30. The minimum atomic E-state index is 0.0108. The van der Waals surface area contributed by atoms with E-state index < -0.39 is 0 Å². The topological polar surface area (TPSA) is 85.7 Å². The van der Waals surface area contributed by atoms with E-state index in [1.54, 1.807) is 6.07 Å². The van der Waals surface area contributed by atoms with Crippen molar-refractivity contribution in [2.45, 2.75) is 38.3 Å². The fourth-order valence-corrected chi connectivity index (χ4v) is 3.89. The number of fused-ring (bicyclic) bond motifs is 1. The van der Waals surface area contributed by atoms with E-state index in [0.29, 0.717) is 24.6 Å². The SMILES string of the molecule is N#Cc1cccc(-c2cccc(CN3CCc4nc(C5CC5)[nH]c(=O)c4C3)n2)c1. The second-order valence-electron chi connectivity index (χ2n) is 7.82. The van der Waals surface area contributed by atoms with Gasteiger partial charge in [-0.15, -0.1) is 0 Å². The van der Waals surface area contributed by atoms with Gasteiger partial charge in [0.2, 0.25) is 0 Å². The lowest BCUT2D eigenvalue weighted by Crippen LogP contribution is -2.36. The van der Waals surface area contributed by atoms with Gasteiger partial charge >= 0.3 is 0 Å². The van der Waals surface area contributed by atoms with Crippen molar-refractivity contribution >= 4 is 0 Å². The van der Waals surface area contributed by atoms with E-state index in [1.165, 1.54) is 0 Å².